The highest BCUT2D eigenvalue weighted by Gasteiger charge is 2.18. The minimum Gasteiger partial charge on any atom is -0.477 e. The van der Waals surface area contributed by atoms with Gasteiger partial charge in [-0.3, -0.25) is 0 Å². The van der Waals surface area contributed by atoms with E-state index >= 15 is 0 Å². The number of hydrogen-bond donors (Lipinski definition) is 1. The third-order valence-electron chi connectivity index (χ3n) is 1.66. The second kappa shape index (κ2) is 3.65. The van der Waals surface area contributed by atoms with Gasteiger partial charge in [0.05, 0.1) is 0 Å². The fourth-order valence-corrected chi connectivity index (χ4v) is 0.916. The molecule has 0 aliphatic heterocycles. The summed E-state index contributed by atoms with van der Waals surface area (Å²) < 4.78 is 37.1. The van der Waals surface area contributed by atoms with Crippen molar-refractivity contribution >= 4 is 5.97 Å². The molecule has 6 heteroatoms. The number of carbonyl (C=O) groups is 1. The van der Waals surface area contributed by atoms with Gasteiger partial charge < -0.3 is 5.11 Å². The second-order valence-electron chi connectivity index (χ2n) is 2.61. The highest BCUT2D eigenvalue weighted by Crippen LogP contribution is 2.20. The van der Waals surface area contributed by atoms with Crippen molar-refractivity contribution in [3.05, 3.63) is 28.8 Å². The minimum atomic E-state index is -2.98. The van der Waals surface area contributed by atoms with Crippen LogP contribution in [0, 0.1) is 12.7 Å². The third-order valence-corrected chi connectivity index (χ3v) is 1.66. The number of hydrogen-bond acceptors (Lipinski definition) is 2. The molecule has 0 aliphatic rings. The van der Waals surface area contributed by atoms with E-state index < -0.39 is 29.6 Å². The van der Waals surface area contributed by atoms with Gasteiger partial charge >= 0.3 is 5.97 Å². The Morgan fingerprint density at radius 2 is 2.14 bits per heavy atom. The maximum atomic E-state index is 12.9. The molecular formula is C8H6F3NO2. The Morgan fingerprint density at radius 1 is 1.57 bits per heavy atom. The normalized spacial score (nSPS) is 10.6. The fourth-order valence-electron chi connectivity index (χ4n) is 0.916. The van der Waals surface area contributed by atoms with Crippen LogP contribution in [0.1, 0.15) is 28.2 Å². The van der Waals surface area contributed by atoms with E-state index in [2.05, 4.69) is 4.98 Å². The molecule has 0 amide bonds. The summed E-state index contributed by atoms with van der Waals surface area (Å²) in [4.78, 5) is 13.6. The Labute approximate surface area is 77.2 Å². The van der Waals surface area contributed by atoms with Crippen LogP contribution >= 0.6 is 0 Å². The minimum absolute atomic E-state index is 0.248. The van der Waals surface area contributed by atoms with Crippen molar-refractivity contribution in [2.45, 2.75) is 13.3 Å². The van der Waals surface area contributed by atoms with E-state index in [1.54, 1.807) is 0 Å². The van der Waals surface area contributed by atoms with E-state index in [9.17, 15) is 18.0 Å². The first-order valence-corrected chi connectivity index (χ1v) is 3.62. The molecule has 0 atom stereocenters. The standard InChI is InChI=1S/C8H6F3NO2/c1-3-4(9)2-5(7(10)11)12-6(3)8(13)14/h2,7H,1H3,(H,13,14). The highest BCUT2D eigenvalue weighted by molar-refractivity contribution is 5.87. The Bertz CT molecular complexity index is 379. The number of halogens is 3. The molecule has 76 valence electrons. The topological polar surface area (TPSA) is 50.2 Å². The van der Waals surface area contributed by atoms with Crippen LogP contribution < -0.4 is 0 Å². The fraction of sp³-hybridized carbons (Fsp3) is 0.250. The van der Waals surface area contributed by atoms with Crippen molar-refractivity contribution in [3.63, 3.8) is 0 Å². The monoisotopic (exact) mass is 205 g/mol. The Morgan fingerprint density at radius 3 is 2.57 bits per heavy atom. The van der Waals surface area contributed by atoms with Crippen LogP contribution in [0.15, 0.2) is 6.07 Å². The molecule has 0 bridgehead atoms. The van der Waals surface area contributed by atoms with Crippen LogP contribution in [0.3, 0.4) is 0 Å². The molecule has 0 spiro atoms. The van der Waals surface area contributed by atoms with Gasteiger partial charge in [0.25, 0.3) is 6.43 Å². The van der Waals surface area contributed by atoms with Gasteiger partial charge in [0.15, 0.2) is 5.69 Å². The third kappa shape index (κ3) is 1.84. The summed E-state index contributed by atoms with van der Waals surface area (Å²) in [6.45, 7) is 1.17. The molecule has 1 N–H and O–H groups in total. The van der Waals surface area contributed by atoms with E-state index in [1.165, 1.54) is 6.92 Å². The maximum absolute atomic E-state index is 12.9. The van der Waals surface area contributed by atoms with Crippen LogP contribution in [0.25, 0.3) is 0 Å². The molecular weight excluding hydrogens is 199 g/mol. The van der Waals surface area contributed by atoms with Gasteiger partial charge in [0.1, 0.15) is 11.5 Å². The van der Waals surface area contributed by atoms with Crippen molar-refractivity contribution < 1.29 is 23.1 Å². The molecule has 1 aromatic heterocycles. The molecule has 0 saturated carbocycles. The molecule has 3 nitrogen and oxygen atoms in total. The maximum Gasteiger partial charge on any atom is 0.354 e. The first-order valence-electron chi connectivity index (χ1n) is 3.62. The van der Waals surface area contributed by atoms with Crippen molar-refractivity contribution in [1.82, 2.24) is 4.98 Å². The molecule has 0 aliphatic carbocycles. The van der Waals surface area contributed by atoms with Crippen LogP contribution in [0.5, 0.6) is 0 Å². The number of aromatic carboxylic acids is 1. The number of carboxylic acid groups (broad SMARTS) is 1. The molecule has 0 saturated heterocycles. The number of alkyl halides is 2. The zero-order valence-electron chi connectivity index (χ0n) is 7.09. The highest BCUT2D eigenvalue weighted by atomic mass is 19.3. The van der Waals surface area contributed by atoms with Gasteiger partial charge in [-0.15, -0.1) is 0 Å². The van der Waals surface area contributed by atoms with Crippen molar-refractivity contribution in [1.29, 1.82) is 0 Å². The van der Waals surface area contributed by atoms with Gasteiger partial charge in [0, 0.05) is 11.6 Å². The molecule has 0 radical (unpaired) electrons. The Kier molecular flexibility index (Phi) is 2.73. The zero-order valence-corrected chi connectivity index (χ0v) is 7.09. The first-order chi connectivity index (χ1) is 6.43. The van der Waals surface area contributed by atoms with E-state index in [0.29, 0.717) is 6.07 Å². The summed E-state index contributed by atoms with van der Waals surface area (Å²) in [6.07, 6.45) is -2.98. The average Bonchev–Trinajstić information content (AvgIpc) is 2.08. The van der Waals surface area contributed by atoms with E-state index in [4.69, 9.17) is 5.11 Å². The van der Waals surface area contributed by atoms with Gasteiger partial charge in [0.2, 0.25) is 0 Å². The number of carboxylic acids is 1. The van der Waals surface area contributed by atoms with Gasteiger partial charge in [-0.2, -0.15) is 0 Å². The van der Waals surface area contributed by atoms with Crippen LogP contribution in [0.2, 0.25) is 0 Å². The van der Waals surface area contributed by atoms with E-state index in [1.807, 2.05) is 0 Å². The zero-order chi connectivity index (χ0) is 10.9. The van der Waals surface area contributed by atoms with Crippen molar-refractivity contribution in [2.75, 3.05) is 0 Å². The average molecular weight is 205 g/mol. The molecule has 1 aromatic rings. The summed E-state index contributed by atoms with van der Waals surface area (Å²) in [5.41, 5.74) is -1.80. The second-order valence-corrected chi connectivity index (χ2v) is 2.61. The lowest BCUT2D eigenvalue weighted by molar-refractivity contribution is 0.0687. The lowest BCUT2D eigenvalue weighted by atomic mass is 10.2. The van der Waals surface area contributed by atoms with Crippen LogP contribution in [-0.2, 0) is 0 Å². The Hall–Kier alpha value is -1.59. The van der Waals surface area contributed by atoms with E-state index in [-0.39, 0.29) is 5.56 Å². The van der Waals surface area contributed by atoms with Crippen LogP contribution in [0.4, 0.5) is 13.2 Å². The van der Waals surface area contributed by atoms with Crippen LogP contribution in [-0.4, -0.2) is 16.1 Å². The molecule has 0 unspecified atom stereocenters. The summed E-state index contributed by atoms with van der Waals surface area (Å²) in [5.74, 6) is -2.52. The smallest absolute Gasteiger partial charge is 0.354 e. The van der Waals surface area contributed by atoms with Gasteiger partial charge in [-0.1, -0.05) is 0 Å². The van der Waals surface area contributed by atoms with Gasteiger partial charge in [-0.05, 0) is 6.92 Å². The predicted molar refractivity (Wildman–Crippen MR) is 40.8 cm³/mol. The van der Waals surface area contributed by atoms with Gasteiger partial charge in [-0.25, -0.2) is 22.9 Å². The summed E-state index contributed by atoms with van der Waals surface area (Å²) in [6, 6.07) is 0.534. The van der Waals surface area contributed by atoms with Crippen molar-refractivity contribution in [3.8, 4) is 0 Å². The number of nitrogens with zero attached hydrogens (tertiary/aromatic N) is 1. The molecule has 0 fully saturated rings. The lowest BCUT2D eigenvalue weighted by Crippen LogP contribution is -2.08. The summed E-state index contributed by atoms with van der Waals surface area (Å²) in [7, 11) is 0. The molecule has 1 heterocycles. The quantitative estimate of drug-likeness (QED) is 0.804. The largest absolute Gasteiger partial charge is 0.477 e. The summed E-state index contributed by atoms with van der Waals surface area (Å²) >= 11 is 0. The predicted octanol–water partition coefficient (Wildman–Crippen LogP) is 2.16. The SMILES string of the molecule is Cc1c(F)cc(C(F)F)nc1C(=O)O. The van der Waals surface area contributed by atoms with E-state index in [0.717, 1.165) is 0 Å². The summed E-state index contributed by atoms with van der Waals surface area (Å²) in [5, 5.41) is 8.52. The number of rotatable bonds is 2. The molecule has 14 heavy (non-hydrogen) atoms. The molecule has 1 rings (SSSR count). The Balaban J connectivity index is 3.35. The lowest BCUT2D eigenvalue weighted by Gasteiger charge is -2.04. The first kappa shape index (κ1) is 10.5. The molecule has 0 aromatic carbocycles. The number of aromatic nitrogens is 1. The number of pyridine rings is 1. The van der Waals surface area contributed by atoms with Crippen molar-refractivity contribution in [2.24, 2.45) is 0 Å².